The molecule has 0 N–H and O–H groups in total. The van der Waals surface area contributed by atoms with E-state index in [1.54, 1.807) is 4.90 Å². The molecule has 1 aliphatic heterocycles. The minimum atomic E-state index is -0.573. The van der Waals surface area contributed by atoms with Crippen LogP contribution in [-0.2, 0) is 0 Å². The number of nitrogens with zero attached hydrogens (tertiary/aromatic N) is 3. The summed E-state index contributed by atoms with van der Waals surface area (Å²) in [6.07, 6.45) is 4.21. The third kappa shape index (κ3) is 4.93. The second kappa shape index (κ2) is 8.79. The van der Waals surface area contributed by atoms with E-state index in [-0.39, 0.29) is 16.6 Å². The summed E-state index contributed by atoms with van der Waals surface area (Å²) in [5.41, 5.74) is 1.21. The van der Waals surface area contributed by atoms with E-state index >= 15 is 0 Å². The van der Waals surface area contributed by atoms with Gasteiger partial charge in [0.05, 0.1) is 4.92 Å². The van der Waals surface area contributed by atoms with Gasteiger partial charge in [0.15, 0.2) is 0 Å². The van der Waals surface area contributed by atoms with Gasteiger partial charge in [-0.25, -0.2) is 0 Å². The third-order valence-electron chi connectivity index (χ3n) is 4.52. The number of amides is 1. The fraction of sp³-hybridized carbons (Fsp3) is 0.250. The maximum absolute atomic E-state index is 12.6. The van der Waals surface area contributed by atoms with Crippen molar-refractivity contribution in [1.29, 1.82) is 0 Å². The first-order valence-corrected chi connectivity index (χ1v) is 9.09. The Morgan fingerprint density at radius 2 is 1.81 bits per heavy atom. The molecule has 0 unspecified atom stereocenters. The van der Waals surface area contributed by atoms with Crippen molar-refractivity contribution in [3.8, 4) is 0 Å². The third-order valence-corrected chi connectivity index (χ3v) is 4.84. The Balaban J connectivity index is 1.54. The van der Waals surface area contributed by atoms with Crippen LogP contribution < -0.4 is 0 Å². The van der Waals surface area contributed by atoms with Gasteiger partial charge in [0.2, 0.25) is 0 Å². The molecule has 1 saturated heterocycles. The summed E-state index contributed by atoms with van der Waals surface area (Å²) in [7, 11) is 0. The van der Waals surface area contributed by atoms with Crippen LogP contribution in [0, 0.1) is 10.1 Å². The van der Waals surface area contributed by atoms with Gasteiger partial charge in [0, 0.05) is 44.4 Å². The molecule has 1 heterocycles. The lowest BCUT2D eigenvalue weighted by Gasteiger charge is -2.34. The molecule has 0 radical (unpaired) electrons. The highest BCUT2D eigenvalue weighted by Crippen LogP contribution is 2.25. The van der Waals surface area contributed by atoms with E-state index in [2.05, 4.69) is 29.2 Å². The van der Waals surface area contributed by atoms with Crippen molar-refractivity contribution in [2.45, 2.75) is 0 Å². The second-order valence-corrected chi connectivity index (χ2v) is 6.74. The van der Waals surface area contributed by atoms with E-state index in [1.165, 1.54) is 18.2 Å². The van der Waals surface area contributed by atoms with E-state index in [0.717, 1.165) is 25.2 Å². The average Bonchev–Trinajstić information content (AvgIpc) is 2.69. The monoisotopic (exact) mass is 385 g/mol. The van der Waals surface area contributed by atoms with Gasteiger partial charge in [-0.15, -0.1) is 0 Å². The first-order valence-electron chi connectivity index (χ1n) is 8.72. The Hall–Kier alpha value is -2.70. The smallest absolute Gasteiger partial charge is 0.288 e. The molecule has 27 heavy (non-hydrogen) atoms. The molecular weight excluding hydrogens is 366 g/mol. The van der Waals surface area contributed by atoms with Gasteiger partial charge in [0.1, 0.15) is 5.02 Å². The Morgan fingerprint density at radius 3 is 2.48 bits per heavy atom. The number of carbonyl (C=O) groups is 1. The molecule has 3 rings (SSSR count). The van der Waals surface area contributed by atoms with Crippen LogP contribution in [0.5, 0.6) is 0 Å². The molecule has 0 saturated carbocycles. The highest BCUT2D eigenvalue weighted by Gasteiger charge is 2.23. The second-order valence-electron chi connectivity index (χ2n) is 6.33. The number of hydrogen-bond acceptors (Lipinski definition) is 4. The van der Waals surface area contributed by atoms with E-state index in [1.807, 2.05) is 18.2 Å². The lowest BCUT2D eigenvalue weighted by Crippen LogP contribution is -2.48. The molecule has 1 fully saturated rings. The van der Waals surface area contributed by atoms with Gasteiger partial charge >= 0.3 is 0 Å². The Kier molecular flexibility index (Phi) is 6.21. The average molecular weight is 386 g/mol. The maximum atomic E-state index is 12.6. The Morgan fingerprint density at radius 1 is 1.11 bits per heavy atom. The van der Waals surface area contributed by atoms with Crippen LogP contribution in [-0.4, -0.2) is 53.4 Å². The zero-order valence-electron chi connectivity index (χ0n) is 14.8. The molecule has 0 bridgehead atoms. The standard InChI is InChI=1S/C20H20ClN3O3/c21-18-9-8-17(15-19(18)24(26)27)20(25)23-13-11-22(12-14-23)10-4-7-16-5-2-1-3-6-16/h1-9,15H,10-14H2. The number of hydrogen-bond donors (Lipinski definition) is 0. The normalized spacial score (nSPS) is 15.2. The molecule has 2 aromatic rings. The first kappa shape index (κ1) is 19.1. The molecular formula is C20H20ClN3O3. The van der Waals surface area contributed by atoms with Crippen molar-refractivity contribution in [3.05, 3.63) is 80.9 Å². The van der Waals surface area contributed by atoms with E-state index in [9.17, 15) is 14.9 Å². The van der Waals surface area contributed by atoms with Gasteiger partial charge in [-0.05, 0) is 17.7 Å². The molecule has 0 aromatic heterocycles. The van der Waals surface area contributed by atoms with Crippen LogP contribution in [0.4, 0.5) is 5.69 Å². The molecule has 1 aliphatic rings. The summed E-state index contributed by atoms with van der Waals surface area (Å²) in [5.74, 6) is -0.200. The zero-order chi connectivity index (χ0) is 19.2. The van der Waals surface area contributed by atoms with Gasteiger partial charge in [-0.2, -0.15) is 0 Å². The number of benzene rings is 2. The van der Waals surface area contributed by atoms with E-state index in [4.69, 9.17) is 11.6 Å². The first-order chi connectivity index (χ1) is 13.0. The fourth-order valence-electron chi connectivity index (χ4n) is 3.00. The summed E-state index contributed by atoms with van der Waals surface area (Å²) in [5, 5.41) is 11.0. The molecule has 2 aromatic carbocycles. The lowest BCUT2D eigenvalue weighted by atomic mass is 10.1. The number of rotatable bonds is 5. The van der Waals surface area contributed by atoms with Gasteiger partial charge < -0.3 is 4.90 Å². The van der Waals surface area contributed by atoms with Crippen molar-refractivity contribution >= 4 is 29.3 Å². The van der Waals surface area contributed by atoms with Crippen LogP contribution >= 0.6 is 11.6 Å². The number of piperazine rings is 1. The van der Waals surface area contributed by atoms with Crippen LogP contribution in [0.3, 0.4) is 0 Å². The highest BCUT2D eigenvalue weighted by atomic mass is 35.5. The summed E-state index contributed by atoms with van der Waals surface area (Å²) in [6.45, 7) is 3.54. The summed E-state index contributed by atoms with van der Waals surface area (Å²) >= 11 is 5.81. The topological polar surface area (TPSA) is 66.7 Å². The molecule has 6 nitrogen and oxygen atoms in total. The molecule has 0 spiro atoms. The van der Waals surface area contributed by atoms with Crippen LogP contribution in [0.25, 0.3) is 6.08 Å². The van der Waals surface area contributed by atoms with E-state index in [0.29, 0.717) is 18.7 Å². The minimum Gasteiger partial charge on any atom is -0.336 e. The van der Waals surface area contributed by atoms with Crippen molar-refractivity contribution in [3.63, 3.8) is 0 Å². The number of nitro benzene ring substituents is 1. The van der Waals surface area contributed by atoms with Crippen molar-refractivity contribution < 1.29 is 9.72 Å². The molecule has 7 heteroatoms. The largest absolute Gasteiger partial charge is 0.336 e. The molecule has 0 aliphatic carbocycles. The summed E-state index contributed by atoms with van der Waals surface area (Å²) in [6, 6.07) is 14.3. The number of nitro groups is 1. The predicted molar refractivity (Wildman–Crippen MR) is 106 cm³/mol. The maximum Gasteiger partial charge on any atom is 0.288 e. The SMILES string of the molecule is O=C(c1ccc(Cl)c([N+](=O)[O-])c1)N1CCN(CC=Cc2ccccc2)CC1. The van der Waals surface area contributed by atoms with Crippen molar-refractivity contribution in [2.75, 3.05) is 32.7 Å². The molecule has 1 amide bonds. The zero-order valence-corrected chi connectivity index (χ0v) is 15.5. The number of carbonyl (C=O) groups excluding carboxylic acids is 1. The summed E-state index contributed by atoms with van der Waals surface area (Å²) < 4.78 is 0. The van der Waals surface area contributed by atoms with E-state index < -0.39 is 4.92 Å². The minimum absolute atomic E-state index is 0.0339. The Labute approximate surface area is 162 Å². The highest BCUT2D eigenvalue weighted by molar-refractivity contribution is 6.32. The summed E-state index contributed by atoms with van der Waals surface area (Å²) in [4.78, 5) is 27.0. The number of halogens is 1. The molecule has 0 atom stereocenters. The predicted octanol–water partition coefficient (Wildman–Crippen LogP) is 3.72. The van der Waals surface area contributed by atoms with Crippen molar-refractivity contribution in [1.82, 2.24) is 9.80 Å². The van der Waals surface area contributed by atoms with Crippen molar-refractivity contribution in [2.24, 2.45) is 0 Å². The van der Waals surface area contributed by atoms with Crippen LogP contribution in [0.15, 0.2) is 54.6 Å². The van der Waals surface area contributed by atoms with Crippen LogP contribution in [0.1, 0.15) is 15.9 Å². The van der Waals surface area contributed by atoms with Gasteiger partial charge in [-0.1, -0.05) is 54.1 Å². The van der Waals surface area contributed by atoms with Gasteiger partial charge in [0.25, 0.3) is 11.6 Å². The lowest BCUT2D eigenvalue weighted by molar-refractivity contribution is -0.384. The van der Waals surface area contributed by atoms with Gasteiger partial charge in [-0.3, -0.25) is 19.8 Å². The molecule has 140 valence electrons. The Bertz CT molecular complexity index is 847. The fourth-order valence-corrected chi connectivity index (χ4v) is 3.19. The quantitative estimate of drug-likeness (QED) is 0.581. The van der Waals surface area contributed by atoms with Crippen LogP contribution in [0.2, 0.25) is 5.02 Å².